The number of hydrogen-bond acceptors (Lipinski definition) is 5. The number of piperazine rings is 1. The molecule has 28 heavy (non-hydrogen) atoms. The first-order valence-electron chi connectivity index (χ1n) is 9.61. The van der Waals surface area contributed by atoms with E-state index in [1.54, 1.807) is 6.07 Å². The zero-order valence-corrected chi connectivity index (χ0v) is 17.4. The lowest BCUT2D eigenvalue weighted by Gasteiger charge is -2.34. The second kappa shape index (κ2) is 8.87. The van der Waals surface area contributed by atoms with Crippen LogP contribution in [0.5, 0.6) is 0 Å². The molecule has 0 saturated carbocycles. The summed E-state index contributed by atoms with van der Waals surface area (Å²) in [7, 11) is -3.26. The third-order valence-corrected chi connectivity index (χ3v) is 7.14. The molecule has 0 aliphatic carbocycles. The van der Waals surface area contributed by atoms with Crippen molar-refractivity contribution in [3.05, 3.63) is 64.7 Å². The molecule has 0 aromatic heterocycles. The first-order valence-corrected chi connectivity index (χ1v) is 11.3. The molecule has 1 aliphatic rings. The number of sulfone groups is 1. The Labute approximate surface area is 168 Å². The van der Waals surface area contributed by atoms with Gasteiger partial charge in [0.15, 0.2) is 9.84 Å². The van der Waals surface area contributed by atoms with Crippen LogP contribution < -0.4 is 0 Å². The highest BCUT2D eigenvalue weighted by Gasteiger charge is 2.21. The smallest absolute Gasteiger partial charge is 0.179 e. The van der Waals surface area contributed by atoms with Crippen molar-refractivity contribution in [1.82, 2.24) is 9.80 Å². The number of hydrogen-bond donors (Lipinski definition) is 0. The van der Waals surface area contributed by atoms with E-state index in [-0.39, 0.29) is 5.75 Å². The summed E-state index contributed by atoms with van der Waals surface area (Å²) in [5, 5.41) is 8.88. The summed E-state index contributed by atoms with van der Waals surface area (Å²) in [4.78, 5) is 5.07. The molecule has 0 atom stereocenters. The molecule has 0 spiro atoms. The van der Waals surface area contributed by atoms with E-state index < -0.39 is 9.84 Å². The van der Waals surface area contributed by atoms with Gasteiger partial charge in [-0.15, -0.1) is 0 Å². The molecule has 1 saturated heterocycles. The maximum absolute atomic E-state index is 12.7. The van der Waals surface area contributed by atoms with E-state index in [4.69, 9.17) is 5.26 Å². The van der Waals surface area contributed by atoms with Gasteiger partial charge in [-0.3, -0.25) is 9.80 Å². The average Bonchev–Trinajstić information content (AvgIpc) is 2.70. The Hall–Kier alpha value is -2.20. The molecule has 3 rings (SSSR count). The molecule has 2 aromatic carbocycles. The van der Waals surface area contributed by atoms with Gasteiger partial charge in [0, 0.05) is 39.3 Å². The van der Waals surface area contributed by atoms with Crippen molar-refractivity contribution in [3.63, 3.8) is 0 Å². The number of aryl methyl sites for hydroxylation is 2. The second-order valence-electron chi connectivity index (χ2n) is 7.51. The lowest BCUT2D eigenvalue weighted by Crippen LogP contribution is -2.47. The number of nitriles is 1. The number of benzene rings is 2. The molecule has 1 heterocycles. The Kier molecular flexibility index (Phi) is 6.50. The molecule has 0 unspecified atom stereocenters. The minimum absolute atomic E-state index is 0.160. The van der Waals surface area contributed by atoms with Gasteiger partial charge in [-0.25, -0.2) is 8.42 Å². The summed E-state index contributed by atoms with van der Waals surface area (Å²) in [6.45, 7) is 8.80. The SMILES string of the molecule is Cc1ccc(C)c(S(=O)(=O)CCN2CCN(Cc3ccc(C#N)cc3)CC2)c1. The minimum Gasteiger partial charge on any atom is -0.300 e. The van der Waals surface area contributed by atoms with Crippen molar-refractivity contribution in [2.45, 2.75) is 25.3 Å². The van der Waals surface area contributed by atoms with Crippen molar-refractivity contribution in [2.24, 2.45) is 0 Å². The molecule has 6 heteroatoms. The Bertz CT molecular complexity index is 954. The molecule has 0 radical (unpaired) electrons. The van der Waals surface area contributed by atoms with Crippen molar-refractivity contribution >= 4 is 9.84 Å². The largest absolute Gasteiger partial charge is 0.300 e. The Balaban J connectivity index is 1.50. The molecule has 148 valence electrons. The monoisotopic (exact) mass is 397 g/mol. The van der Waals surface area contributed by atoms with Crippen LogP contribution >= 0.6 is 0 Å². The van der Waals surface area contributed by atoms with Crippen LogP contribution in [0.15, 0.2) is 47.4 Å². The van der Waals surface area contributed by atoms with E-state index in [2.05, 4.69) is 15.9 Å². The summed E-state index contributed by atoms with van der Waals surface area (Å²) in [6.07, 6.45) is 0. The quantitative estimate of drug-likeness (QED) is 0.750. The van der Waals surface area contributed by atoms with Crippen LogP contribution in [0.25, 0.3) is 0 Å². The van der Waals surface area contributed by atoms with E-state index in [1.807, 2.05) is 50.2 Å². The summed E-state index contributed by atoms with van der Waals surface area (Å²) in [5.41, 5.74) is 3.67. The molecule has 0 N–H and O–H groups in total. The highest BCUT2D eigenvalue weighted by molar-refractivity contribution is 7.91. The van der Waals surface area contributed by atoms with Gasteiger partial charge in [0.2, 0.25) is 0 Å². The van der Waals surface area contributed by atoms with Gasteiger partial charge in [-0.2, -0.15) is 5.26 Å². The highest BCUT2D eigenvalue weighted by Crippen LogP contribution is 2.19. The van der Waals surface area contributed by atoms with Crippen molar-refractivity contribution in [3.8, 4) is 6.07 Å². The molecule has 1 fully saturated rings. The maximum Gasteiger partial charge on any atom is 0.179 e. The van der Waals surface area contributed by atoms with Crippen LogP contribution in [0.1, 0.15) is 22.3 Å². The molecule has 0 bridgehead atoms. The van der Waals surface area contributed by atoms with Crippen LogP contribution in [-0.4, -0.2) is 56.7 Å². The molecule has 2 aromatic rings. The molecule has 5 nitrogen and oxygen atoms in total. The van der Waals surface area contributed by atoms with Crippen LogP contribution in [0, 0.1) is 25.2 Å². The first-order chi connectivity index (χ1) is 13.4. The van der Waals surface area contributed by atoms with Crippen molar-refractivity contribution in [2.75, 3.05) is 38.5 Å². The Morgan fingerprint density at radius 1 is 0.964 bits per heavy atom. The van der Waals surface area contributed by atoms with E-state index in [0.29, 0.717) is 17.0 Å². The maximum atomic E-state index is 12.7. The van der Waals surface area contributed by atoms with E-state index in [1.165, 1.54) is 5.56 Å². The van der Waals surface area contributed by atoms with Crippen LogP contribution in [0.3, 0.4) is 0 Å². The topological polar surface area (TPSA) is 64.4 Å². The molecule has 0 amide bonds. The Morgan fingerprint density at radius 3 is 2.25 bits per heavy atom. The minimum atomic E-state index is -3.26. The molecular formula is C22H27N3O2S. The van der Waals surface area contributed by atoms with Gasteiger partial charge in [0.05, 0.1) is 22.3 Å². The van der Waals surface area contributed by atoms with Crippen LogP contribution in [0.2, 0.25) is 0 Å². The summed E-state index contributed by atoms with van der Waals surface area (Å²) < 4.78 is 25.5. The average molecular weight is 398 g/mol. The third kappa shape index (κ3) is 5.20. The van der Waals surface area contributed by atoms with Crippen molar-refractivity contribution < 1.29 is 8.42 Å². The van der Waals surface area contributed by atoms with E-state index in [9.17, 15) is 8.42 Å². The van der Waals surface area contributed by atoms with Gasteiger partial charge in [-0.1, -0.05) is 24.3 Å². The first kappa shape index (κ1) is 20.5. The normalized spacial score (nSPS) is 16.0. The fourth-order valence-electron chi connectivity index (χ4n) is 3.52. The summed E-state index contributed by atoms with van der Waals surface area (Å²) in [5.74, 6) is 0.160. The van der Waals surface area contributed by atoms with Gasteiger partial charge in [-0.05, 0) is 48.7 Å². The third-order valence-electron chi connectivity index (χ3n) is 5.31. The standard InChI is InChI=1S/C22H27N3O2S/c1-18-3-4-19(2)22(15-18)28(26,27)14-13-24-9-11-25(12-10-24)17-21-7-5-20(16-23)6-8-21/h3-8,15H,9-14,17H2,1-2H3. The van der Waals surface area contributed by atoms with E-state index in [0.717, 1.165) is 43.9 Å². The lowest BCUT2D eigenvalue weighted by atomic mass is 10.1. The Morgan fingerprint density at radius 2 is 1.61 bits per heavy atom. The van der Waals surface area contributed by atoms with Gasteiger partial charge >= 0.3 is 0 Å². The second-order valence-corrected chi connectivity index (χ2v) is 9.59. The van der Waals surface area contributed by atoms with Crippen LogP contribution in [-0.2, 0) is 16.4 Å². The predicted molar refractivity (Wildman–Crippen MR) is 111 cm³/mol. The highest BCUT2D eigenvalue weighted by atomic mass is 32.2. The van der Waals surface area contributed by atoms with Gasteiger partial charge in [0.1, 0.15) is 0 Å². The van der Waals surface area contributed by atoms with Gasteiger partial charge in [0.25, 0.3) is 0 Å². The zero-order valence-electron chi connectivity index (χ0n) is 16.6. The summed E-state index contributed by atoms with van der Waals surface area (Å²) in [6, 6.07) is 15.4. The van der Waals surface area contributed by atoms with Crippen molar-refractivity contribution in [1.29, 1.82) is 5.26 Å². The predicted octanol–water partition coefficient (Wildman–Crippen LogP) is 2.77. The molecular weight excluding hydrogens is 370 g/mol. The fraction of sp³-hybridized carbons (Fsp3) is 0.409. The molecule has 1 aliphatic heterocycles. The van der Waals surface area contributed by atoms with E-state index >= 15 is 0 Å². The van der Waals surface area contributed by atoms with Gasteiger partial charge < -0.3 is 0 Å². The lowest BCUT2D eigenvalue weighted by molar-refractivity contribution is 0.132. The number of nitrogens with zero attached hydrogens (tertiary/aromatic N) is 3. The van der Waals surface area contributed by atoms with Crippen LogP contribution in [0.4, 0.5) is 0 Å². The fourth-order valence-corrected chi connectivity index (χ4v) is 5.16. The summed E-state index contributed by atoms with van der Waals surface area (Å²) >= 11 is 0. The number of rotatable bonds is 6. The zero-order chi connectivity index (χ0) is 20.1.